The van der Waals surface area contributed by atoms with Crippen LogP contribution in [0.25, 0.3) is 28.1 Å². The molecule has 1 aliphatic rings. The molecule has 0 unspecified atom stereocenters. The molecule has 1 aromatic carbocycles. The first-order chi connectivity index (χ1) is 14.2. The molecule has 1 saturated carbocycles. The second-order valence-corrected chi connectivity index (χ2v) is 7.17. The van der Waals surface area contributed by atoms with Gasteiger partial charge in [0.25, 0.3) is 0 Å². The van der Waals surface area contributed by atoms with Crippen LogP contribution in [0.2, 0.25) is 0 Å². The van der Waals surface area contributed by atoms with Gasteiger partial charge in [-0.15, -0.1) is 0 Å². The molecule has 3 heterocycles. The van der Waals surface area contributed by atoms with Gasteiger partial charge in [0.2, 0.25) is 0 Å². The molecule has 8 nitrogen and oxygen atoms in total. The molecule has 0 spiro atoms. The van der Waals surface area contributed by atoms with Crippen LogP contribution in [0.3, 0.4) is 0 Å². The zero-order valence-corrected chi connectivity index (χ0v) is 15.5. The van der Waals surface area contributed by atoms with Crippen LogP contribution in [0.5, 0.6) is 0 Å². The summed E-state index contributed by atoms with van der Waals surface area (Å²) in [6.07, 6.45) is 7.42. The number of nitrogens with zero attached hydrogens (tertiary/aromatic N) is 5. The SMILES string of the molecule is O[C@H](COC1CCC1)c1cnc2c(cnn2-c2cc(F)cc(-c3ncn[nH]3)c2)c1. The molecular weight excluding hydrogens is 375 g/mol. The number of aromatic amines is 1. The van der Waals surface area contributed by atoms with Crippen molar-refractivity contribution in [3.05, 3.63) is 54.4 Å². The first kappa shape index (κ1) is 17.9. The molecule has 1 aliphatic carbocycles. The average molecular weight is 394 g/mol. The summed E-state index contributed by atoms with van der Waals surface area (Å²) in [6, 6.07) is 6.34. The van der Waals surface area contributed by atoms with Gasteiger partial charge in [-0.25, -0.2) is 19.0 Å². The molecule has 0 saturated heterocycles. The highest BCUT2D eigenvalue weighted by atomic mass is 19.1. The Labute approximate surface area is 165 Å². The second kappa shape index (κ2) is 7.34. The number of ether oxygens (including phenoxy) is 1. The minimum Gasteiger partial charge on any atom is -0.386 e. The van der Waals surface area contributed by atoms with Gasteiger partial charge < -0.3 is 9.84 Å². The van der Waals surface area contributed by atoms with Crippen LogP contribution in [0.4, 0.5) is 4.39 Å². The maximum absolute atomic E-state index is 14.2. The molecule has 4 aromatic rings. The summed E-state index contributed by atoms with van der Waals surface area (Å²) in [4.78, 5) is 8.51. The fraction of sp³-hybridized carbons (Fsp3) is 0.300. The standard InChI is InChI=1S/C20H19FN6O2/c21-15-5-12(19-23-11-24-26-19)6-16(7-15)27-20-14(9-25-27)4-13(8-22-20)18(28)10-29-17-2-1-3-17/h4-9,11,17-18,28H,1-3,10H2,(H,23,24,26)/t18-/m1/s1. The van der Waals surface area contributed by atoms with Crippen LogP contribution in [-0.2, 0) is 4.74 Å². The Morgan fingerprint density at radius 2 is 2.10 bits per heavy atom. The van der Waals surface area contributed by atoms with E-state index in [9.17, 15) is 9.50 Å². The highest BCUT2D eigenvalue weighted by Gasteiger charge is 2.20. The van der Waals surface area contributed by atoms with Crippen molar-refractivity contribution in [1.82, 2.24) is 29.9 Å². The lowest BCUT2D eigenvalue weighted by molar-refractivity contribution is -0.0427. The number of nitrogens with one attached hydrogen (secondary N) is 1. The molecule has 1 fully saturated rings. The van der Waals surface area contributed by atoms with E-state index in [-0.39, 0.29) is 12.7 Å². The number of halogens is 1. The number of hydrogen-bond acceptors (Lipinski definition) is 6. The zero-order valence-electron chi connectivity index (χ0n) is 15.5. The van der Waals surface area contributed by atoms with Crippen LogP contribution in [0, 0.1) is 5.82 Å². The van der Waals surface area contributed by atoms with E-state index in [0.29, 0.717) is 28.3 Å². The van der Waals surface area contributed by atoms with Crippen molar-refractivity contribution in [2.75, 3.05) is 6.61 Å². The van der Waals surface area contributed by atoms with Gasteiger partial charge in [0.1, 0.15) is 18.2 Å². The van der Waals surface area contributed by atoms with Gasteiger partial charge in [-0.2, -0.15) is 10.2 Å². The highest BCUT2D eigenvalue weighted by Crippen LogP contribution is 2.26. The molecular formula is C20H19FN6O2. The summed E-state index contributed by atoms with van der Waals surface area (Å²) in [7, 11) is 0. The van der Waals surface area contributed by atoms with Gasteiger partial charge in [-0.05, 0) is 43.5 Å². The summed E-state index contributed by atoms with van der Waals surface area (Å²) < 4.78 is 21.4. The van der Waals surface area contributed by atoms with Gasteiger partial charge in [0.15, 0.2) is 11.5 Å². The molecule has 3 aromatic heterocycles. The average Bonchev–Trinajstić information content (AvgIpc) is 3.35. The monoisotopic (exact) mass is 394 g/mol. The van der Waals surface area contributed by atoms with Crippen molar-refractivity contribution in [3.8, 4) is 17.1 Å². The van der Waals surface area contributed by atoms with E-state index in [2.05, 4.69) is 25.3 Å². The highest BCUT2D eigenvalue weighted by molar-refractivity contribution is 5.77. The molecule has 9 heteroatoms. The van der Waals surface area contributed by atoms with Gasteiger partial charge >= 0.3 is 0 Å². The van der Waals surface area contributed by atoms with E-state index in [4.69, 9.17) is 4.74 Å². The van der Waals surface area contributed by atoms with Crippen LogP contribution >= 0.6 is 0 Å². The number of rotatable bonds is 6. The van der Waals surface area contributed by atoms with E-state index < -0.39 is 11.9 Å². The maximum Gasteiger partial charge on any atom is 0.162 e. The predicted molar refractivity (Wildman–Crippen MR) is 103 cm³/mol. The molecule has 0 radical (unpaired) electrons. The Morgan fingerprint density at radius 3 is 2.86 bits per heavy atom. The zero-order chi connectivity index (χ0) is 19.8. The van der Waals surface area contributed by atoms with Crippen molar-refractivity contribution in [3.63, 3.8) is 0 Å². The van der Waals surface area contributed by atoms with Gasteiger partial charge in [-0.3, -0.25) is 5.10 Å². The van der Waals surface area contributed by atoms with Crippen molar-refractivity contribution in [1.29, 1.82) is 0 Å². The lowest BCUT2D eigenvalue weighted by atomic mass is 9.96. The number of aliphatic hydroxyl groups is 1. The molecule has 5 rings (SSSR count). The molecule has 0 amide bonds. The summed E-state index contributed by atoms with van der Waals surface area (Å²) in [5.41, 5.74) is 2.30. The van der Waals surface area contributed by atoms with Gasteiger partial charge in [-0.1, -0.05) is 0 Å². The number of H-pyrrole nitrogens is 1. The molecule has 2 N–H and O–H groups in total. The van der Waals surface area contributed by atoms with Crippen molar-refractivity contribution in [2.24, 2.45) is 0 Å². The lowest BCUT2D eigenvalue weighted by Gasteiger charge is -2.26. The lowest BCUT2D eigenvalue weighted by Crippen LogP contribution is -2.24. The number of aromatic nitrogens is 6. The first-order valence-electron chi connectivity index (χ1n) is 9.47. The quantitative estimate of drug-likeness (QED) is 0.521. The number of benzene rings is 1. The largest absolute Gasteiger partial charge is 0.386 e. The first-order valence-corrected chi connectivity index (χ1v) is 9.47. The molecule has 148 valence electrons. The van der Waals surface area contributed by atoms with Crippen LogP contribution < -0.4 is 0 Å². The van der Waals surface area contributed by atoms with E-state index in [1.165, 1.54) is 24.9 Å². The molecule has 1 atom stereocenters. The van der Waals surface area contributed by atoms with Crippen molar-refractivity contribution in [2.45, 2.75) is 31.5 Å². The number of aliphatic hydroxyl groups excluding tert-OH is 1. The smallest absolute Gasteiger partial charge is 0.162 e. The predicted octanol–water partition coefficient (Wildman–Crippen LogP) is 2.95. The number of fused-ring (bicyclic) bond motifs is 1. The van der Waals surface area contributed by atoms with Crippen molar-refractivity contribution < 1.29 is 14.2 Å². The minimum atomic E-state index is -0.747. The number of hydrogen-bond donors (Lipinski definition) is 2. The van der Waals surface area contributed by atoms with Crippen LogP contribution in [0.1, 0.15) is 30.9 Å². The van der Waals surface area contributed by atoms with E-state index >= 15 is 0 Å². The fourth-order valence-electron chi connectivity index (χ4n) is 3.35. The maximum atomic E-state index is 14.2. The van der Waals surface area contributed by atoms with E-state index in [1.54, 1.807) is 23.1 Å². The normalized spacial score (nSPS) is 15.5. The Bertz CT molecular complexity index is 1140. The Kier molecular flexibility index (Phi) is 4.53. The van der Waals surface area contributed by atoms with Gasteiger partial charge in [0, 0.05) is 22.7 Å². The second-order valence-electron chi connectivity index (χ2n) is 7.17. The molecule has 29 heavy (non-hydrogen) atoms. The third-order valence-electron chi connectivity index (χ3n) is 5.17. The molecule has 0 bridgehead atoms. The Balaban J connectivity index is 1.44. The van der Waals surface area contributed by atoms with Crippen LogP contribution in [0.15, 0.2) is 43.0 Å². The summed E-state index contributed by atoms with van der Waals surface area (Å²) in [5.74, 6) is 0.0461. The third kappa shape index (κ3) is 3.50. The Hall–Kier alpha value is -3.17. The van der Waals surface area contributed by atoms with E-state index in [1.807, 2.05) is 6.07 Å². The van der Waals surface area contributed by atoms with Gasteiger partial charge in [0.05, 0.1) is 24.6 Å². The molecule has 0 aliphatic heterocycles. The Morgan fingerprint density at radius 1 is 1.21 bits per heavy atom. The van der Waals surface area contributed by atoms with Crippen LogP contribution in [-0.4, -0.2) is 47.8 Å². The topological polar surface area (TPSA) is 102 Å². The fourth-order valence-corrected chi connectivity index (χ4v) is 3.35. The summed E-state index contributed by atoms with van der Waals surface area (Å²) >= 11 is 0. The minimum absolute atomic E-state index is 0.246. The number of pyridine rings is 1. The summed E-state index contributed by atoms with van der Waals surface area (Å²) in [6.45, 7) is 0.246. The summed E-state index contributed by atoms with van der Waals surface area (Å²) in [5, 5.41) is 22.0. The van der Waals surface area contributed by atoms with Crippen molar-refractivity contribution >= 4 is 11.0 Å². The van der Waals surface area contributed by atoms with E-state index in [0.717, 1.165) is 18.2 Å². The third-order valence-corrected chi connectivity index (χ3v) is 5.17.